The molecule has 3 heterocycles. The summed E-state index contributed by atoms with van der Waals surface area (Å²) >= 11 is 0. The lowest BCUT2D eigenvalue weighted by atomic mass is 9.97. The predicted molar refractivity (Wildman–Crippen MR) is 122 cm³/mol. The number of nitrogens with zero attached hydrogens (tertiary/aromatic N) is 2. The molecular formula is C24H29N4O7+. The molecule has 3 aliphatic heterocycles. The van der Waals surface area contributed by atoms with Crippen LogP contribution in [0.15, 0.2) is 18.2 Å². The van der Waals surface area contributed by atoms with Gasteiger partial charge in [-0.1, -0.05) is 0 Å². The quantitative estimate of drug-likeness (QED) is 0.279. The van der Waals surface area contributed by atoms with Gasteiger partial charge >= 0.3 is 0 Å². The summed E-state index contributed by atoms with van der Waals surface area (Å²) in [4.78, 5) is 62.1. The number of imide groups is 2. The van der Waals surface area contributed by atoms with E-state index in [0.29, 0.717) is 18.9 Å². The molecule has 3 aliphatic rings. The average molecular weight is 486 g/mol. The third-order valence-corrected chi connectivity index (χ3v) is 6.41. The van der Waals surface area contributed by atoms with Gasteiger partial charge in [0.2, 0.25) is 17.7 Å². The van der Waals surface area contributed by atoms with E-state index in [1.54, 1.807) is 6.07 Å². The van der Waals surface area contributed by atoms with Gasteiger partial charge in [-0.25, -0.2) is 4.58 Å². The predicted octanol–water partition coefficient (Wildman–Crippen LogP) is -0.277. The van der Waals surface area contributed by atoms with Crippen molar-refractivity contribution < 1.29 is 38.0 Å². The van der Waals surface area contributed by atoms with E-state index in [4.69, 9.17) is 9.47 Å². The van der Waals surface area contributed by atoms with E-state index in [1.165, 1.54) is 12.1 Å². The summed E-state index contributed by atoms with van der Waals surface area (Å²) in [7, 11) is 0. The van der Waals surface area contributed by atoms with Gasteiger partial charge in [-0.05, 0) is 24.6 Å². The lowest BCUT2D eigenvalue weighted by Gasteiger charge is -2.27. The monoisotopic (exact) mass is 485 g/mol. The van der Waals surface area contributed by atoms with E-state index in [1.807, 2.05) is 4.58 Å². The number of ether oxygens (including phenoxy) is 2. The Hall–Kier alpha value is -3.60. The Kier molecular flexibility index (Phi) is 7.54. The van der Waals surface area contributed by atoms with E-state index in [9.17, 15) is 24.0 Å². The number of fused-ring (bicyclic) bond motifs is 1. The summed E-state index contributed by atoms with van der Waals surface area (Å²) in [5.41, 5.74) is 0.352. The third kappa shape index (κ3) is 5.56. The Morgan fingerprint density at radius 1 is 1.06 bits per heavy atom. The van der Waals surface area contributed by atoms with Crippen LogP contribution < -0.4 is 15.4 Å². The summed E-state index contributed by atoms with van der Waals surface area (Å²) in [6.07, 6.45) is 1.79. The van der Waals surface area contributed by atoms with Gasteiger partial charge in [0.1, 0.15) is 38.2 Å². The molecule has 0 radical (unpaired) electrons. The van der Waals surface area contributed by atoms with Gasteiger partial charge in [0.15, 0.2) is 0 Å². The number of rotatable bonds is 9. The van der Waals surface area contributed by atoms with Crippen molar-refractivity contribution >= 4 is 36.3 Å². The molecule has 1 aromatic carbocycles. The number of amides is 5. The normalized spacial score (nSPS) is 20.6. The molecule has 35 heavy (non-hydrogen) atoms. The summed E-state index contributed by atoms with van der Waals surface area (Å²) in [5, 5.41) is 5.05. The molecule has 11 heteroatoms. The number of benzene rings is 1. The average Bonchev–Trinajstić information content (AvgIpc) is 3.08. The molecular weight excluding hydrogens is 456 g/mol. The minimum Gasteiger partial charge on any atom is -0.491 e. The number of carbonyl (C=O) groups is 5. The Morgan fingerprint density at radius 2 is 1.80 bits per heavy atom. The zero-order valence-electron chi connectivity index (χ0n) is 19.4. The van der Waals surface area contributed by atoms with Crippen molar-refractivity contribution in [3.05, 3.63) is 29.3 Å². The highest BCUT2D eigenvalue weighted by Gasteiger charge is 2.44. The molecule has 2 fully saturated rings. The summed E-state index contributed by atoms with van der Waals surface area (Å²) in [6.45, 7) is 6.78. The maximum absolute atomic E-state index is 12.8. The van der Waals surface area contributed by atoms with Gasteiger partial charge in [-0.3, -0.25) is 34.2 Å². The van der Waals surface area contributed by atoms with Crippen LogP contribution in [0.25, 0.3) is 0 Å². The lowest BCUT2D eigenvalue weighted by Crippen LogP contribution is -2.54. The highest BCUT2D eigenvalue weighted by atomic mass is 16.5. The largest absolute Gasteiger partial charge is 0.491 e. The van der Waals surface area contributed by atoms with Gasteiger partial charge in [0.25, 0.3) is 11.8 Å². The molecule has 1 aromatic rings. The van der Waals surface area contributed by atoms with Crippen LogP contribution in [0.1, 0.15) is 46.4 Å². The first-order valence-corrected chi connectivity index (χ1v) is 11.7. The SMILES string of the molecule is C=[N+]1CCC(C(=O)NCCOCCOc2ccc3c(c2)C(=O)N(C2CCC(=O)NC2=O)C3=O)CC1. The minimum absolute atomic E-state index is 0.0247. The lowest BCUT2D eigenvalue weighted by molar-refractivity contribution is -0.531. The molecule has 2 N–H and O–H groups in total. The molecule has 1 unspecified atom stereocenters. The topological polar surface area (TPSA) is 134 Å². The first kappa shape index (κ1) is 24.5. The molecule has 0 saturated carbocycles. The maximum Gasteiger partial charge on any atom is 0.262 e. The van der Waals surface area contributed by atoms with Crippen molar-refractivity contribution in [1.82, 2.24) is 15.5 Å². The second kappa shape index (κ2) is 10.8. The van der Waals surface area contributed by atoms with Crippen LogP contribution in [0.5, 0.6) is 5.75 Å². The van der Waals surface area contributed by atoms with E-state index < -0.39 is 29.7 Å². The number of piperidine rings is 2. The van der Waals surface area contributed by atoms with Crippen molar-refractivity contribution in [2.24, 2.45) is 5.92 Å². The third-order valence-electron chi connectivity index (χ3n) is 6.41. The molecule has 1 atom stereocenters. The number of carbonyl (C=O) groups excluding carboxylic acids is 5. The Labute approximate surface area is 202 Å². The summed E-state index contributed by atoms with van der Waals surface area (Å²) < 4.78 is 13.1. The molecule has 2 saturated heterocycles. The zero-order valence-corrected chi connectivity index (χ0v) is 19.4. The van der Waals surface area contributed by atoms with E-state index >= 15 is 0 Å². The van der Waals surface area contributed by atoms with Gasteiger partial charge in [0, 0.05) is 31.7 Å². The fraction of sp³-hybridized carbons (Fsp3) is 0.500. The molecule has 0 spiro atoms. The minimum atomic E-state index is -1.00. The molecule has 5 amide bonds. The fourth-order valence-electron chi connectivity index (χ4n) is 4.45. The van der Waals surface area contributed by atoms with Crippen LogP contribution in [0.3, 0.4) is 0 Å². The van der Waals surface area contributed by atoms with E-state index in [0.717, 1.165) is 30.8 Å². The second-order valence-electron chi connectivity index (χ2n) is 8.80. The van der Waals surface area contributed by atoms with Crippen LogP contribution in [0.2, 0.25) is 0 Å². The Bertz CT molecular complexity index is 1060. The Morgan fingerprint density at radius 3 is 2.54 bits per heavy atom. The number of nitrogens with one attached hydrogen (secondary N) is 2. The zero-order chi connectivity index (χ0) is 24.9. The standard InChI is InChI=1S/C24H28N4O7/c1-27-9-6-15(7-10-27)21(30)25-8-11-34-12-13-35-16-2-3-17-18(14-16)24(33)28(23(17)32)19-4-5-20(29)26-22(19)31/h2-3,14-15,19H,1,4-13H2,(H-,25,26,29,30,31)/p+1. The number of hydrogen-bond acceptors (Lipinski definition) is 7. The van der Waals surface area contributed by atoms with Gasteiger partial charge < -0.3 is 14.8 Å². The first-order chi connectivity index (χ1) is 16.8. The fourth-order valence-corrected chi connectivity index (χ4v) is 4.45. The molecule has 0 aliphatic carbocycles. The van der Waals surface area contributed by atoms with Crippen LogP contribution in [0.4, 0.5) is 0 Å². The second-order valence-corrected chi connectivity index (χ2v) is 8.80. The van der Waals surface area contributed by atoms with Crippen molar-refractivity contribution in [2.45, 2.75) is 31.7 Å². The summed E-state index contributed by atoms with van der Waals surface area (Å²) in [6, 6.07) is 3.54. The van der Waals surface area contributed by atoms with Crippen LogP contribution in [0, 0.1) is 5.92 Å². The maximum atomic E-state index is 12.8. The number of hydrogen-bond donors (Lipinski definition) is 2. The molecule has 186 valence electrons. The highest BCUT2D eigenvalue weighted by Crippen LogP contribution is 2.30. The van der Waals surface area contributed by atoms with Gasteiger partial charge in [-0.2, -0.15) is 0 Å². The molecule has 0 bridgehead atoms. The van der Waals surface area contributed by atoms with Crippen molar-refractivity contribution in [1.29, 1.82) is 0 Å². The Balaban J connectivity index is 1.19. The van der Waals surface area contributed by atoms with Crippen molar-refractivity contribution in [2.75, 3.05) is 39.5 Å². The van der Waals surface area contributed by atoms with E-state index in [2.05, 4.69) is 17.4 Å². The molecule has 0 aromatic heterocycles. The van der Waals surface area contributed by atoms with Crippen LogP contribution >= 0.6 is 0 Å². The van der Waals surface area contributed by atoms with Gasteiger partial charge in [-0.15, -0.1) is 0 Å². The molecule has 4 rings (SSSR count). The van der Waals surface area contributed by atoms with Crippen molar-refractivity contribution in [3.8, 4) is 5.75 Å². The van der Waals surface area contributed by atoms with Crippen molar-refractivity contribution in [3.63, 3.8) is 0 Å². The highest BCUT2D eigenvalue weighted by molar-refractivity contribution is 6.23. The van der Waals surface area contributed by atoms with E-state index in [-0.39, 0.29) is 49.0 Å². The van der Waals surface area contributed by atoms with Gasteiger partial charge in [0.05, 0.1) is 24.3 Å². The van der Waals surface area contributed by atoms with Crippen LogP contribution in [-0.2, 0) is 19.1 Å². The first-order valence-electron chi connectivity index (χ1n) is 11.7. The molecule has 11 nitrogen and oxygen atoms in total. The van der Waals surface area contributed by atoms with Crippen LogP contribution in [-0.4, -0.2) is 91.2 Å². The smallest absolute Gasteiger partial charge is 0.262 e. The summed E-state index contributed by atoms with van der Waals surface area (Å²) in [5.74, 6) is -1.75.